The van der Waals surface area contributed by atoms with Gasteiger partial charge in [0.2, 0.25) is 10.0 Å². The summed E-state index contributed by atoms with van der Waals surface area (Å²) in [5.41, 5.74) is -1.49. The van der Waals surface area contributed by atoms with Gasteiger partial charge in [0.05, 0.1) is 6.04 Å². The zero-order chi connectivity index (χ0) is 22.1. The number of carbonyl (C=O) groups is 1. The molecule has 0 spiro atoms. The number of amides is 1. The summed E-state index contributed by atoms with van der Waals surface area (Å²) in [6.45, 7) is 1.39. The fourth-order valence-corrected chi connectivity index (χ4v) is 3.68. The van der Waals surface area contributed by atoms with Crippen molar-refractivity contribution in [2.24, 2.45) is 7.05 Å². The van der Waals surface area contributed by atoms with Crippen LogP contribution < -0.4 is 10.0 Å². The van der Waals surface area contributed by atoms with Crippen LogP contribution in [0.1, 0.15) is 36.5 Å². The van der Waals surface area contributed by atoms with Crippen molar-refractivity contribution in [1.82, 2.24) is 14.3 Å². The minimum Gasteiger partial charge on any atom is -0.343 e. The fraction of sp³-hybridized carbons (Fsp3) is 0.375. The number of aromatic nitrogens is 2. The quantitative estimate of drug-likeness (QED) is 0.648. The summed E-state index contributed by atoms with van der Waals surface area (Å²) in [5.74, 6) is -6.03. The number of sulfonamides is 1. The number of aryl methyl sites for hydroxylation is 1. The molecule has 0 bridgehead atoms. The summed E-state index contributed by atoms with van der Waals surface area (Å²) >= 11 is 0. The number of hydrogen-bond acceptors (Lipinski definition) is 4. The molecule has 0 aliphatic carbocycles. The van der Waals surface area contributed by atoms with Crippen molar-refractivity contribution in [2.45, 2.75) is 37.1 Å². The lowest BCUT2D eigenvalue weighted by atomic mass is 10.2. The molecular formula is C16H17F5N4O3S. The average molecular weight is 440 g/mol. The molecule has 1 amide bonds. The van der Waals surface area contributed by atoms with Crippen LogP contribution in [-0.4, -0.2) is 35.8 Å². The first-order valence-electron chi connectivity index (χ1n) is 8.04. The van der Waals surface area contributed by atoms with E-state index in [2.05, 4.69) is 10.3 Å². The molecule has 0 aliphatic rings. The number of nitrogens with zero attached hydrogens (tertiary/aromatic N) is 2. The number of carbonyl (C=O) groups excluding carboxylic acids is 1. The Bertz CT molecular complexity index is 1020. The summed E-state index contributed by atoms with van der Waals surface area (Å²) in [6.07, 6.45) is -1.16. The van der Waals surface area contributed by atoms with Gasteiger partial charge in [-0.25, -0.2) is 35.1 Å². The van der Waals surface area contributed by atoms with E-state index in [4.69, 9.17) is 0 Å². The molecule has 2 N–H and O–H groups in total. The number of hydrogen-bond donors (Lipinski definition) is 2. The van der Waals surface area contributed by atoms with Gasteiger partial charge in [0.15, 0.2) is 5.82 Å². The zero-order valence-electron chi connectivity index (χ0n) is 15.4. The molecule has 0 aromatic carbocycles. The number of nitrogens with one attached hydrogen (secondary N) is 2. The van der Waals surface area contributed by atoms with Gasteiger partial charge in [-0.05, 0) is 19.1 Å². The van der Waals surface area contributed by atoms with Crippen LogP contribution in [0.4, 0.5) is 27.6 Å². The van der Waals surface area contributed by atoms with E-state index in [1.165, 1.54) is 6.07 Å². The molecule has 0 saturated carbocycles. The van der Waals surface area contributed by atoms with Gasteiger partial charge in [0, 0.05) is 32.1 Å². The van der Waals surface area contributed by atoms with Gasteiger partial charge in [0.1, 0.15) is 16.3 Å². The van der Waals surface area contributed by atoms with Gasteiger partial charge in [-0.1, -0.05) is 0 Å². The van der Waals surface area contributed by atoms with Crippen molar-refractivity contribution in [1.29, 1.82) is 0 Å². The smallest absolute Gasteiger partial charge is 0.280 e. The van der Waals surface area contributed by atoms with Crippen LogP contribution in [0.15, 0.2) is 29.4 Å². The molecule has 0 saturated heterocycles. The van der Waals surface area contributed by atoms with Crippen LogP contribution in [0.3, 0.4) is 0 Å². The molecular weight excluding hydrogens is 423 g/mol. The van der Waals surface area contributed by atoms with E-state index in [0.717, 1.165) is 37.0 Å². The molecule has 0 fully saturated rings. The molecule has 29 heavy (non-hydrogen) atoms. The second kappa shape index (κ2) is 8.06. The third-order valence-corrected chi connectivity index (χ3v) is 5.47. The van der Waals surface area contributed by atoms with Crippen molar-refractivity contribution in [2.75, 3.05) is 5.32 Å². The van der Waals surface area contributed by atoms with Gasteiger partial charge in [-0.3, -0.25) is 9.78 Å². The van der Waals surface area contributed by atoms with Crippen LogP contribution >= 0.6 is 0 Å². The van der Waals surface area contributed by atoms with Crippen molar-refractivity contribution in [3.63, 3.8) is 0 Å². The third kappa shape index (κ3) is 5.09. The molecule has 13 heteroatoms. The molecule has 160 valence electrons. The standard InChI is InChI=1S/C16H17F5N4O3S/c1-8(16(2,20)21)24-29(27,28)11-7-25(3)13(12(11)17)15(26)23-9-4-5-22-10(6-9)14(18)19/h4-8,14,24H,1-3H3,(H,22,23,26). The maximum Gasteiger partial charge on any atom is 0.280 e. The third-order valence-electron chi connectivity index (χ3n) is 3.95. The molecule has 2 aromatic heterocycles. The average Bonchev–Trinajstić information content (AvgIpc) is 2.89. The Balaban J connectivity index is 2.33. The van der Waals surface area contributed by atoms with E-state index >= 15 is 0 Å². The number of pyridine rings is 1. The highest BCUT2D eigenvalue weighted by Crippen LogP contribution is 2.25. The highest BCUT2D eigenvalue weighted by molar-refractivity contribution is 7.89. The minimum atomic E-state index is -4.71. The summed E-state index contributed by atoms with van der Waals surface area (Å²) in [7, 11) is -3.56. The van der Waals surface area contributed by atoms with Crippen LogP contribution in [0, 0.1) is 5.82 Å². The molecule has 0 radical (unpaired) electrons. The maximum atomic E-state index is 14.7. The summed E-state index contributed by atoms with van der Waals surface area (Å²) in [5, 5.41) is 2.16. The van der Waals surface area contributed by atoms with Gasteiger partial charge in [-0.2, -0.15) is 0 Å². The van der Waals surface area contributed by atoms with E-state index in [0.29, 0.717) is 6.92 Å². The van der Waals surface area contributed by atoms with Crippen LogP contribution in [0.25, 0.3) is 0 Å². The summed E-state index contributed by atoms with van der Waals surface area (Å²) in [6, 6.07) is 0.205. The Morgan fingerprint density at radius 2 is 1.93 bits per heavy atom. The van der Waals surface area contributed by atoms with Crippen molar-refractivity contribution < 1.29 is 35.2 Å². The lowest BCUT2D eigenvalue weighted by Crippen LogP contribution is -2.43. The molecule has 2 heterocycles. The number of anilines is 1. The van der Waals surface area contributed by atoms with Gasteiger partial charge in [-0.15, -0.1) is 0 Å². The van der Waals surface area contributed by atoms with Crippen LogP contribution in [-0.2, 0) is 17.1 Å². The second-order valence-corrected chi connectivity index (χ2v) is 7.97. The minimum absolute atomic E-state index is 0.123. The zero-order valence-corrected chi connectivity index (χ0v) is 16.2. The van der Waals surface area contributed by atoms with E-state index in [9.17, 15) is 35.2 Å². The highest BCUT2D eigenvalue weighted by atomic mass is 32.2. The molecule has 0 aliphatic heterocycles. The first kappa shape index (κ1) is 22.7. The maximum absolute atomic E-state index is 14.7. The number of alkyl halides is 4. The van der Waals surface area contributed by atoms with Crippen molar-refractivity contribution in [3.05, 3.63) is 41.7 Å². The predicted octanol–water partition coefficient (Wildman–Crippen LogP) is 3.07. The first-order valence-corrected chi connectivity index (χ1v) is 9.52. The van der Waals surface area contributed by atoms with Crippen molar-refractivity contribution in [3.8, 4) is 0 Å². The van der Waals surface area contributed by atoms with Crippen LogP contribution in [0.2, 0.25) is 0 Å². The number of halogens is 5. The van der Waals surface area contributed by atoms with E-state index in [1.807, 2.05) is 0 Å². The van der Waals surface area contributed by atoms with E-state index in [1.54, 1.807) is 4.72 Å². The second-order valence-electron chi connectivity index (χ2n) is 6.29. The monoisotopic (exact) mass is 440 g/mol. The molecule has 2 aromatic rings. The predicted molar refractivity (Wildman–Crippen MR) is 92.9 cm³/mol. The Labute approximate surface area is 163 Å². The molecule has 7 nitrogen and oxygen atoms in total. The largest absolute Gasteiger partial charge is 0.343 e. The lowest BCUT2D eigenvalue weighted by Gasteiger charge is -2.20. The number of rotatable bonds is 7. The van der Waals surface area contributed by atoms with Crippen molar-refractivity contribution >= 4 is 21.6 Å². The first-order chi connectivity index (χ1) is 13.2. The SMILES string of the molecule is CC(NS(=O)(=O)c1cn(C)c(C(=O)Nc2ccnc(C(F)F)c2)c1F)C(C)(F)F. The van der Waals surface area contributed by atoms with E-state index < -0.39 is 56.4 Å². The molecule has 1 unspecified atom stereocenters. The topological polar surface area (TPSA) is 93.1 Å². The Morgan fingerprint density at radius 1 is 1.31 bits per heavy atom. The molecule has 1 atom stereocenters. The molecule has 2 rings (SSSR count). The Hall–Kier alpha value is -2.54. The highest BCUT2D eigenvalue weighted by Gasteiger charge is 2.36. The summed E-state index contributed by atoms with van der Waals surface area (Å²) in [4.78, 5) is 14.7. The summed E-state index contributed by atoms with van der Waals surface area (Å²) < 4.78 is 93.6. The van der Waals surface area contributed by atoms with Gasteiger partial charge in [0.25, 0.3) is 18.3 Å². The van der Waals surface area contributed by atoms with Gasteiger partial charge < -0.3 is 9.88 Å². The lowest BCUT2D eigenvalue weighted by molar-refractivity contribution is -0.00490. The Morgan fingerprint density at radius 3 is 2.48 bits per heavy atom. The normalized spacial score (nSPS) is 13.6. The Kier molecular flexibility index (Phi) is 6.33. The van der Waals surface area contributed by atoms with Crippen LogP contribution in [0.5, 0.6) is 0 Å². The fourth-order valence-electron chi connectivity index (χ4n) is 2.25. The van der Waals surface area contributed by atoms with E-state index in [-0.39, 0.29) is 5.69 Å². The van der Waals surface area contributed by atoms with Gasteiger partial charge >= 0.3 is 0 Å².